The molecule has 0 fully saturated rings. The van der Waals surface area contributed by atoms with Crippen LogP contribution in [0.5, 0.6) is 5.75 Å². The monoisotopic (exact) mass is 193 g/mol. The normalized spacial score (nSPS) is 25.4. The number of nitrogens with two attached hydrogens (primary N) is 1. The molecule has 0 saturated carbocycles. The van der Waals surface area contributed by atoms with Crippen LogP contribution in [0.25, 0.3) is 0 Å². The Kier molecular flexibility index (Phi) is 2.21. The molecule has 1 aliphatic heterocycles. The van der Waals surface area contributed by atoms with Crippen molar-refractivity contribution in [2.45, 2.75) is 26.2 Å². The number of fused-ring (bicyclic) bond motifs is 1. The van der Waals surface area contributed by atoms with Crippen LogP contribution in [0.3, 0.4) is 0 Å². The fourth-order valence-corrected chi connectivity index (χ4v) is 1.51. The minimum Gasteiger partial charge on any atom is -0.461 e. The fourth-order valence-electron chi connectivity index (χ4n) is 1.51. The van der Waals surface area contributed by atoms with E-state index in [2.05, 4.69) is 13.0 Å². The molecule has 0 bridgehead atoms. The molecule has 1 aromatic carbocycles. The average molecular weight is 193 g/mol. The van der Waals surface area contributed by atoms with E-state index in [1.54, 1.807) is 0 Å². The van der Waals surface area contributed by atoms with Crippen LogP contribution >= 0.6 is 0 Å². The van der Waals surface area contributed by atoms with Crippen LogP contribution in [-0.4, -0.2) is 12.3 Å². The maximum absolute atomic E-state index is 5.68. The van der Waals surface area contributed by atoms with Crippen LogP contribution in [0, 0.1) is 6.92 Å². The molecular weight excluding hydrogens is 178 g/mol. The second-order valence-corrected chi connectivity index (χ2v) is 3.84. The SMILES string of the molecule is Cc1ccc2c(c1)COC(C)(CN)O2. The van der Waals surface area contributed by atoms with Gasteiger partial charge in [-0.3, -0.25) is 0 Å². The molecule has 0 aliphatic carbocycles. The van der Waals surface area contributed by atoms with Gasteiger partial charge in [-0.05, 0) is 13.0 Å². The molecular formula is C11H15NO2. The predicted octanol–water partition coefficient (Wildman–Crippen LogP) is 1.58. The third-order valence-corrected chi connectivity index (χ3v) is 2.45. The van der Waals surface area contributed by atoms with Gasteiger partial charge in [0, 0.05) is 12.5 Å². The Morgan fingerprint density at radius 2 is 2.29 bits per heavy atom. The first-order valence-corrected chi connectivity index (χ1v) is 4.75. The van der Waals surface area contributed by atoms with Crippen molar-refractivity contribution in [2.24, 2.45) is 5.73 Å². The van der Waals surface area contributed by atoms with Crippen molar-refractivity contribution in [1.82, 2.24) is 0 Å². The molecule has 1 unspecified atom stereocenters. The second-order valence-electron chi connectivity index (χ2n) is 3.84. The molecule has 1 atom stereocenters. The standard InChI is InChI=1S/C11H15NO2/c1-8-3-4-10-9(5-8)6-13-11(2,7-12)14-10/h3-5H,6-7,12H2,1-2H3. The summed E-state index contributed by atoms with van der Waals surface area (Å²) in [5.41, 5.74) is 7.88. The lowest BCUT2D eigenvalue weighted by Crippen LogP contribution is -2.45. The van der Waals surface area contributed by atoms with E-state index in [1.165, 1.54) is 5.56 Å². The third kappa shape index (κ3) is 1.61. The van der Waals surface area contributed by atoms with Crippen LogP contribution in [0.4, 0.5) is 0 Å². The summed E-state index contributed by atoms with van der Waals surface area (Å²) in [4.78, 5) is 0. The summed E-state index contributed by atoms with van der Waals surface area (Å²) >= 11 is 0. The summed E-state index contributed by atoms with van der Waals surface area (Å²) in [6.07, 6.45) is 0. The minimum atomic E-state index is -0.664. The molecule has 0 radical (unpaired) electrons. The van der Waals surface area contributed by atoms with Gasteiger partial charge >= 0.3 is 0 Å². The van der Waals surface area contributed by atoms with Crippen molar-refractivity contribution >= 4 is 0 Å². The lowest BCUT2D eigenvalue weighted by molar-refractivity contribution is -0.185. The molecule has 0 spiro atoms. The Balaban J connectivity index is 2.31. The molecule has 1 heterocycles. The van der Waals surface area contributed by atoms with E-state index in [-0.39, 0.29) is 0 Å². The van der Waals surface area contributed by atoms with Gasteiger partial charge in [0.1, 0.15) is 5.75 Å². The molecule has 0 amide bonds. The van der Waals surface area contributed by atoms with Gasteiger partial charge < -0.3 is 15.2 Å². The molecule has 0 saturated heterocycles. The molecule has 3 nitrogen and oxygen atoms in total. The van der Waals surface area contributed by atoms with Gasteiger partial charge in [-0.15, -0.1) is 0 Å². The maximum atomic E-state index is 5.68. The quantitative estimate of drug-likeness (QED) is 0.736. The van der Waals surface area contributed by atoms with E-state index < -0.39 is 5.79 Å². The van der Waals surface area contributed by atoms with Gasteiger partial charge in [0.05, 0.1) is 13.2 Å². The topological polar surface area (TPSA) is 44.5 Å². The first-order chi connectivity index (χ1) is 6.63. The maximum Gasteiger partial charge on any atom is 0.220 e. The Morgan fingerprint density at radius 1 is 1.50 bits per heavy atom. The zero-order valence-corrected chi connectivity index (χ0v) is 8.54. The third-order valence-electron chi connectivity index (χ3n) is 2.45. The zero-order valence-electron chi connectivity index (χ0n) is 8.54. The zero-order chi connectivity index (χ0) is 10.2. The number of hydrogen-bond acceptors (Lipinski definition) is 3. The highest BCUT2D eigenvalue weighted by Gasteiger charge is 2.30. The number of rotatable bonds is 1. The summed E-state index contributed by atoms with van der Waals surface area (Å²) < 4.78 is 11.2. The first kappa shape index (κ1) is 9.49. The molecule has 2 N–H and O–H groups in total. The molecule has 76 valence electrons. The lowest BCUT2D eigenvalue weighted by Gasteiger charge is -2.34. The van der Waals surface area contributed by atoms with E-state index in [1.807, 2.05) is 19.1 Å². The summed E-state index contributed by atoms with van der Waals surface area (Å²) in [6, 6.07) is 6.08. The highest BCUT2D eigenvalue weighted by Crippen LogP contribution is 2.31. The average Bonchev–Trinajstić information content (AvgIpc) is 2.19. The van der Waals surface area contributed by atoms with Gasteiger partial charge in [-0.1, -0.05) is 17.7 Å². The number of ether oxygens (including phenoxy) is 2. The number of hydrogen-bond donors (Lipinski definition) is 1. The van der Waals surface area contributed by atoms with Crippen LogP contribution in [0.1, 0.15) is 18.1 Å². The molecule has 0 aromatic heterocycles. The van der Waals surface area contributed by atoms with E-state index in [0.29, 0.717) is 13.2 Å². The van der Waals surface area contributed by atoms with E-state index >= 15 is 0 Å². The summed E-state index contributed by atoms with van der Waals surface area (Å²) in [5.74, 6) is 0.220. The Morgan fingerprint density at radius 3 is 3.00 bits per heavy atom. The molecule has 3 heteroatoms. The molecule has 1 aromatic rings. The summed E-state index contributed by atoms with van der Waals surface area (Å²) in [7, 11) is 0. The van der Waals surface area contributed by atoms with E-state index in [4.69, 9.17) is 15.2 Å². The number of aryl methyl sites for hydroxylation is 1. The Bertz CT molecular complexity index is 351. The first-order valence-electron chi connectivity index (χ1n) is 4.75. The van der Waals surface area contributed by atoms with E-state index in [0.717, 1.165) is 11.3 Å². The van der Waals surface area contributed by atoms with E-state index in [9.17, 15) is 0 Å². The van der Waals surface area contributed by atoms with Crippen LogP contribution in [0.15, 0.2) is 18.2 Å². The van der Waals surface area contributed by atoms with Crippen molar-refractivity contribution in [3.05, 3.63) is 29.3 Å². The van der Waals surface area contributed by atoms with Gasteiger partial charge in [0.25, 0.3) is 0 Å². The fraction of sp³-hybridized carbons (Fsp3) is 0.455. The Hall–Kier alpha value is -1.06. The van der Waals surface area contributed by atoms with Gasteiger partial charge in [-0.2, -0.15) is 0 Å². The molecule has 14 heavy (non-hydrogen) atoms. The minimum absolute atomic E-state index is 0.361. The largest absolute Gasteiger partial charge is 0.461 e. The Labute approximate surface area is 83.8 Å². The van der Waals surface area contributed by atoms with Crippen molar-refractivity contribution in [3.63, 3.8) is 0 Å². The van der Waals surface area contributed by atoms with Crippen molar-refractivity contribution in [1.29, 1.82) is 0 Å². The van der Waals surface area contributed by atoms with Crippen LogP contribution in [-0.2, 0) is 11.3 Å². The van der Waals surface area contributed by atoms with Gasteiger partial charge in [0.2, 0.25) is 5.79 Å². The highest BCUT2D eigenvalue weighted by atomic mass is 16.7. The molecule has 1 aliphatic rings. The second kappa shape index (κ2) is 3.26. The van der Waals surface area contributed by atoms with Crippen molar-refractivity contribution in [3.8, 4) is 5.75 Å². The van der Waals surface area contributed by atoms with Crippen molar-refractivity contribution in [2.75, 3.05) is 6.54 Å². The highest BCUT2D eigenvalue weighted by molar-refractivity contribution is 5.37. The van der Waals surface area contributed by atoms with Crippen molar-refractivity contribution < 1.29 is 9.47 Å². The van der Waals surface area contributed by atoms with Crippen LogP contribution < -0.4 is 10.5 Å². The summed E-state index contributed by atoms with van der Waals surface area (Å²) in [5, 5.41) is 0. The van der Waals surface area contributed by atoms with Gasteiger partial charge in [0.15, 0.2) is 0 Å². The smallest absolute Gasteiger partial charge is 0.220 e. The predicted molar refractivity (Wildman–Crippen MR) is 54.1 cm³/mol. The molecule has 2 rings (SSSR count). The lowest BCUT2D eigenvalue weighted by atomic mass is 10.1. The van der Waals surface area contributed by atoms with Crippen LogP contribution in [0.2, 0.25) is 0 Å². The van der Waals surface area contributed by atoms with Gasteiger partial charge in [-0.25, -0.2) is 0 Å². The number of benzene rings is 1. The summed E-state index contributed by atoms with van der Waals surface area (Å²) in [6.45, 7) is 4.85.